The fraction of sp³-hybridized carbons (Fsp3) is 0.0714. The molecule has 2 aromatic carbocycles. The first-order valence-corrected chi connectivity index (χ1v) is 6.26. The van der Waals surface area contributed by atoms with Crippen LogP contribution in [0.1, 0.15) is 5.56 Å². The zero-order valence-electron chi connectivity index (χ0n) is 10.5. The molecule has 0 spiro atoms. The minimum absolute atomic E-state index is 0.248. The minimum Gasteiger partial charge on any atom is -0.505 e. The number of carbonyl (C=O) groups is 1. The number of hydrogen-bond acceptors (Lipinski definition) is 3. The van der Waals surface area contributed by atoms with Crippen LogP contribution >= 0.6 is 12.8 Å². The van der Waals surface area contributed by atoms with Gasteiger partial charge in [-0.05, 0) is 17.7 Å². The lowest BCUT2D eigenvalue weighted by Crippen LogP contribution is -2.26. The predicted octanol–water partition coefficient (Wildman–Crippen LogP) is 3.41. The van der Waals surface area contributed by atoms with Crippen LogP contribution < -0.4 is 5.32 Å². The first kappa shape index (κ1) is 14.2. The number of amides is 2. The summed E-state index contributed by atoms with van der Waals surface area (Å²) in [4.78, 5) is 11.9. The van der Waals surface area contributed by atoms with E-state index in [1.807, 2.05) is 30.3 Å². The summed E-state index contributed by atoms with van der Waals surface area (Å²) in [7, 11) is 0. The Bertz CT molecular complexity index is 607. The molecule has 0 aliphatic carbocycles. The van der Waals surface area contributed by atoms with Crippen molar-refractivity contribution >= 4 is 24.5 Å². The maximum atomic E-state index is 13.1. The van der Waals surface area contributed by atoms with Crippen molar-refractivity contribution in [2.24, 2.45) is 0 Å². The van der Waals surface area contributed by atoms with E-state index in [0.29, 0.717) is 6.54 Å². The molecule has 2 rings (SSSR count). The molecule has 4 nitrogen and oxygen atoms in total. The SMILES string of the molecule is O=C(Nc1ccc(O)c(F)c1)N(S)Cc1ccccc1. The number of anilines is 1. The Balaban J connectivity index is 1.99. The number of benzene rings is 2. The third kappa shape index (κ3) is 3.64. The molecule has 2 N–H and O–H groups in total. The second kappa shape index (κ2) is 6.29. The Morgan fingerprint density at radius 1 is 1.25 bits per heavy atom. The number of halogens is 1. The Morgan fingerprint density at radius 2 is 1.95 bits per heavy atom. The molecule has 104 valence electrons. The summed E-state index contributed by atoms with van der Waals surface area (Å²) < 4.78 is 14.3. The predicted molar refractivity (Wildman–Crippen MR) is 78.1 cm³/mol. The topological polar surface area (TPSA) is 52.6 Å². The second-order valence-electron chi connectivity index (χ2n) is 4.14. The zero-order valence-corrected chi connectivity index (χ0v) is 11.3. The molecule has 0 saturated carbocycles. The van der Waals surface area contributed by atoms with Gasteiger partial charge >= 0.3 is 6.03 Å². The quantitative estimate of drug-likeness (QED) is 0.600. The lowest BCUT2D eigenvalue weighted by Gasteiger charge is -2.16. The fourth-order valence-electron chi connectivity index (χ4n) is 1.60. The number of rotatable bonds is 3. The lowest BCUT2D eigenvalue weighted by atomic mass is 10.2. The van der Waals surface area contributed by atoms with Crippen LogP contribution in [-0.4, -0.2) is 15.4 Å². The lowest BCUT2D eigenvalue weighted by molar-refractivity contribution is 0.238. The molecular weight excluding hydrogens is 279 g/mol. The number of urea groups is 1. The number of aromatic hydroxyl groups is 1. The smallest absolute Gasteiger partial charge is 0.331 e. The normalized spacial score (nSPS) is 10.1. The van der Waals surface area contributed by atoms with E-state index in [1.54, 1.807) is 0 Å². The van der Waals surface area contributed by atoms with Crippen LogP contribution in [0.2, 0.25) is 0 Å². The van der Waals surface area contributed by atoms with Crippen LogP contribution in [0.4, 0.5) is 14.9 Å². The third-order valence-corrected chi connectivity index (χ3v) is 2.93. The fourth-order valence-corrected chi connectivity index (χ4v) is 1.81. The van der Waals surface area contributed by atoms with Gasteiger partial charge in [-0.3, -0.25) is 4.31 Å². The van der Waals surface area contributed by atoms with E-state index >= 15 is 0 Å². The van der Waals surface area contributed by atoms with Crippen LogP contribution in [0.3, 0.4) is 0 Å². The number of nitrogens with one attached hydrogen (secondary N) is 1. The maximum absolute atomic E-state index is 13.1. The number of thiol groups is 1. The molecule has 2 amide bonds. The van der Waals surface area contributed by atoms with Crippen molar-refractivity contribution in [1.82, 2.24) is 4.31 Å². The average Bonchev–Trinajstić information content (AvgIpc) is 2.44. The van der Waals surface area contributed by atoms with E-state index in [-0.39, 0.29) is 5.69 Å². The molecule has 2 aromatic rings. The summed E-state index contributed by atoms with van der Waals surface area (Å²) in [5.74, 6) is -1.26. The van der Waals surface area contributed by atoms with E-state index in [1.165, 1.54) is 16.4 Å². The molecule has 0 aliphatic rings. The van der Waals surface area contributed by atoms with Crippen LogP contribution in [0.25, 0.3) is 0 Å². The van der Waals surface area contributed by atoms with Crippen molar-refractivity contribution in [3.8, 4) is 5.75 Å². The van der Waals surface area contributed by atoms with E-state index in [0.717, 1.165) is 11.6 Å². The first-order valence-electron chi connectivity index (χ1n) is 5.86. The molecule has 0 radical (unpaired) electrons. The summed E-state index contributed by atoms with van der Waals surface area (Å²) in [5, 5.41) is 11.6. The van der Waals surface area contributed by atoms with Gasteiger partial charge in [-0.25, -0.2) is 9.18 Å². The third-order valence-electron chi connectivity index (χ3n) is 2.61. The zero-order chi connectivity index (χ0) is 14.5. The standard InChI is InChI=1S/C14H13FN2O2S/c15-12-8-11(6-7-13(12)18)16-14(19)17(20)9-10-4-2-1-3-5-10/h1-8,18,20H,9H2,(H,16,19). The monoisotopic (exact) mass is 292 g/mol. The minimum atomic E-state index is -0.795. The van der Waals surface area contributed by atoms with Crippen LogP contribution in [0.15, 0.2) is 48.5 Å². The maximum Gasteiger partial charge on any atom is 0.331 e. The highest BCUT2D eigenvalue weighted by atomic mass is 32.1. The number of phenols is 1. The van der Waals surface area contributed by atoms with Gasteiger partial charge in [0, 0.05) is 11.8 Å². The molecule has 0 unspecified atom stereocenters. The van der Waals surface area contributed by atoms with Crippen molar-refractivity contribution in [3.05, 3.63) is 59.9 Å². The Kier molecular flexibility index (Phi) is 4.47. The second-order valence-corrected chi connectivity index (χ2v) is 4.62. The summed E-state index contributed by atoms with van der Waals surface area (Å²) in [6.45, 7) is 0.316. The average molecular weight is 292 g/mol. The van der Waals surface area contributed by atoms with Crippen molar-refractivity contribution in [1.29, 1.82) is 0 Å². The Labute approximate surface area is 121 Å². The van der Waals surface area contributed by atoms with Gasteiger partial charge in [0.2, 0.25) is 0 Å². The number of carbonyl (C=O) groups excluding carboxylic acids is 1. The number of phenolic OH excluding ortho intramolecular Hbond substituents is 1. The summed E-state index contributed by atoms with van der Waals surface area (Å²) in [6, 6.07) is 12.5. The van der Waals surface area contributed by atoms with Crippen molar-refractivity contribution in [2.75, 3.05) is 5.32 Å². The number of hydrogen-bond donors (Lipinski definition) is 3. The summed E-state index contributed by atoms with van der Waals surface area (Å²) in [5.41, 5.74) is 1.17. The molecular formula is C14H13FN2O2S. The van der Waals surface area contributed by atoms with Gasteiger partial charge < -0.3 is 10.4 Å². The highest BCUT2D eigenvalue weighted by Crippen LogP contribution is 2.20. The molecule has 20 heavy (non-hydrogen) atoms. The number of nitrogens with zero attached hydrogens (tertiary/aromatic N) is 1. The Morgan fingerprint density at radius 3 is 2.60 bits per heavy atom. The van der Waals surface area contributed by atoms with Crippen LogP contribution in [0, 0.1) is 5.82 Å². The molecule has 6 heteroatoms. The highest BCUT2D eigenvalue weighted by Gasteiger charge is 2.11. The Hall–Kier alpha value is -2.21. The molecule has 0 fully saturated rings. The van der Waals surface area contributed by atoms with E-state index in [4.69, 9.17) is 5.11 Å². The molecule has 0 bridgehead atoms. The van der Waals surface area contributed by atoms with Gasteiger partial charge in [0.1, 0.15) is 0 Å². The molecule has 0 aliphatic heterocycles. The first-order chi connectivity index (χ1) is 9.56. The van der Waals surface area contributed by atoms with Crippen LogP contribution in [0.5, 0.6) is 5.75 Å². The van der Waals surface area contributed by atoms with Crippen molar-refractivity contribution < 1.29 is 14.3 Å². The largest absolute Gasteiger partial charge is 0.505 e. The van der Waals surface area contributed by atoms with Gasteiger partial charge in [-0.1, -0.05) is 43.1 Å². The van der Waals surface area contributed by atoms with Gasteiger partial charge in [-0.15, -0.1) is 0 Å². The molecule has 0 aromatic heterocycles. The summed E-state index contributed by atoms with van der Waals surface area (Å²) >= 11 is 4.09. The van der Waals surface area contributed by atoms with Gasteiger partial charge in [0.15, 0.2) is 11.6 Å². The molecule has 0 heterocycles. The highest BCUT2D eigenvalue weighted by molar-refractivity contribution is 7.78. The van der Waals surface area contributed by atoms with Crippen LogP contribution in [-0.2, 0) is 6.54 Å². The van der Waals surface area contributed by atoms with Crippen molar-refractivity contribution in [2.45, 2.75) is 6.54 Å². The van der Waals surface area contributed by atoms with Crippen molar-refractivity contribution in [3.63, 3.8) is 0 Å². The molecule has 0 saturated heterocycles. The van der Waals surface area contributed by atoms with E-state index in [2.05, 4.69) is 18.1 Å². The van der Waals surface area contributed by atoms with Gasteiger partial charge in [-0.2, -0.15) is 0 Å². The van der Waals surface area contributed by atoms with E-state index in [9.17, 15) is 9.18 Å². The van der Waals surface area contributed by atoms with Gasteiger partial charge in [0.25, 0.3) is 0 Å². The van der Waals surface area contributed by atoms with E-state index < -0.39 is 17.6 Å². The molecule has 0 atom stereocenters. The summed E-state index contributed by atoms with van der Waals surface area (Å²) in [6.07, 6.45) is 0. The van der Waals surface area contributed by atoms with Gasteiger partial charge in [0.05, 0.1) is 6.54 Å².